The molecule has 0 spiro atoms. The lowest BCUT2D eigenvalue weighted by molar-refractivity contribution is 0.0604. The second-order valence-electron chi connectivity index (χ2n) is 7.54. The van der Waals surface area contributed by atoms with Crippen LogP contribution >= 0.6 is 12.4 Å². The molecule has 5 heteroatoms. The molecular formula is C19H30ClN3O. The predicted molar refractivity (Wildman–Crippen MR) is 101 cm³/mol. The molecule has 0 aliphatic carbocycles. The minimum Gasteiger partial charge on any atom is -0.339 e. The van der Waals surface area contributed by atoms with Crippen molar-refractivity contribution in [2.45, 2.75) is 32.2 Å². The number of carbonyl (C=O) groups is 1. The van der Waals surface area contributed by atoms with Gasteiger partial charge in [-0.1, -0.05) is 25.1 Å². The summed E-state index contributed by atoms with van der Waals surface area (Å²) in [6.07, 6.45) is 3.43. The van der Waals surface area contributed by atoms with E-state index in [0.29, 0.717) is 11.5 Å². The van der Waals surface area contributed by atoms with E-state index < -0.39 is 0 Å². The standard InChI is InChI=1S/C19H29N3O.ClH/c1-19(10-11-20-14-19)15-21(2)17-8-12-22(13-9-17)18(23)16-6-4-3-5-7-16;/h3-7,17,20H,8-15H2,1-2H3;1H. The van der Waals surface area contributed by atoms with Crippen molar-refractivity contribution in [3.8, 4) is 0 Å². The van der Waals surface area contributed by atoms with Gasteiger partial charge in [-0.15, -0.1) is 12.4 Å². The van der Waals surface area contributed by atoms with E-state index >= 15 is 0 Å². The maximum atomic E-state index is 12.5. The molecule has 2 fully saturated rings. The van der Waals surface area contributed by atoms with Crippen LogP contribution < -0.4 is 5.32 Å². The number of likely N-dealkylation sites (tertiary alicyclic amines) is 1. The summed E-state index contributed by atoms with van der Waals surface area (Å²) in [7, 11) is 2.25. The fourth-order valence-corrected chi connectivity index (χ4v) is 4.01. The first-order chi connectivity index (χ1) is 11.1. The highest BCUT2D eigenvalue weighted by Crippen LogP contribution is 2.27. The second-order valence-corrected chi connectivity index (χ2v) is 7.54. The van der Waals surface area contributed by atoms with Crippen molar-refractivity contribution in [3.63, 3.8) is 0 Å². The molecular weight excluding hydrogens is 322 g/mol. The molecule has 1 atom stereocenters. The summed E-state index contributed by atoms with van der Waals surface area (Å²) < 4.78 is 0. The lowest BCUT2D eigenvalue weighted by Gasteiger charge is -2.39. The number of amides is 1. The first-order valence-electron chi connectivity index (χ1n) is 8.83. The SMILES string of the molecule is CN(CC1(C)CCNC1)C1CCN(C(=O)c2ccccc2)CC1.Cl. The molecule has 1 aromatic rings. The minimum absolute atomic E-state index is 0. The molecule has 0 aromatic heterocycles. The number of hydrogen-bond acceptors (Lipinski definition) is 3. The Morgan fingerprint density at radius 2 is 1.96 bits per heavy atom. The van der Waals surface area contributed by atoms with Crippen molar-refractivity contribution in [1.29, 1.82) is 0 Å². The van der Waals surface area contributed by atoms with Gasteiger partial charge in [-0.3, -0.25) is 4.79 Å². The quantitative estimate of drug-likeness (QED) is 0.905. The Hall–Kier alpha value is -1.10. The van der Waals surface area contributed by atoms with E-state index in [1.54, 1.807) is 0 Å². The Labute approximate surface area is 152 Å². The highest BCUT2D eigenvalue weighted by molar-refractivity contribution is 5.94. The second kappa shape index (κ2) is 8.32. The number of halogens is 1. The number of nitrogens with zero attached hydrogens (tertiary/aromatic N) is 2. The third-order valence-electron chi connectivity index (χ3n) is 5.48. The predicted octanol–water partition coefficient (Wildman–Crippen LogP) is 2.64. The summed E-state index contributed by atoms with van der Waals surface area (Å²) in [5.74, 6) is 0.179. The van der Waals surface area contributed by atoms with Crippen molar-refractivity contribution < 1.29 is 4.79 Å². The Balaban J connectivity index is 0.00000208. The van der Waals surface area contributed by atoms with Crippen LogP contribution in [0.2, 0.25) is 0 Å². The van der Waals surface area contributed by atoms with Gasteiger partial charge in [0, 0.05) is 37.8 Å². The molecule has 3 rings (SSSR count). The molecule has 2 heterocycles. The average Bonchev–Trinajstić information content (AvgIpc) is 3.01. The molecule has 2 aliphatic rings. The Kier molecular flexibility index (Phi) is 6.67. The molecule has 2 saturated heterocycles. The monoisotopic (exact) mass is 351 g/mol. The normalized spacial score (nSPS) is 24.9. The smallest absolute Gasteiger partial charge is 0.253 e. The molecule has 1 aromatic carbocycles. The van der Waals surface area contributed by atoms with Gasteiger partial charge in [0.15, 0.2) is 0 Å². The first kappa shape index (κ1) is 19.2. The van der Waals surface area contributed by atoms with E-state index in [1.807, 2.05) is 35.2 Å². The molecule has 134 valence electrons. The van der Waals surface area contributed by atoms with Crippen molar-refractivity contribution in [2.24, 2.45) is 5.41 Å². The Morgan fingerprint density at radius 3 is 2.54 bits per heavy atom. The van der Waals surface area contributed by atoms with Crippen molar-refractivity contribution in [1.82, 2.24) is 15.1 Å². The number of piperidine rings is 1. The first-order valence-corrected chi connectivity index (χ1v) is 8.83. The summed E-state index contributed by atoms with van der Waals surface area (Å²) in [4.78, 5) is 17.0. The van der Waals surface area contributed by atoms with E-state index in [1.165, 1.54) is 6.42 Å². The van der Waals surface area contributed by atoms with E-state index in [-0.39, 0.29) is 18.3 Å². The summed E-state index contributed by atoms with van der Waals surface area (Å²) in [5.41, 5.74) is 1.22. The number of carbonyl (C=O) groups excluding carboxylic acids is 1. The van der Waals surface area contributed by atoms with Crippen LogP contribution in [0.4, 0.5) is 0 Å². The van der Waals surface area contributed by atoms with Gasteiger partial charge in [0.05, 0.1) is 0 Å². The molecule has 0 radical (unpaired) electrons. The van der Waals surface area contributed by atoms with Gasteiger partial charge in [-0.2, -0.15) is 0 Å². The number of nitrogens with one attached hydrogen (secondary N) is 1. The van der Waals surface area contributed by atoms with Crippen molar-refractivity contribution in [3.05, 3.63) is 35.9 Å². The third-order valence-corrected chi connectivity index (χ3v) is 5.48. The van der Waals surface area contributed by atoms with Crippen LogP contribution in [0.25, 0.3) is 0 Å². The molecule has 0 bridgehead atoms. The van der Waals surface area contributed by atoms with Crippen LogP contribution in [-0.4, -0.2) is 61.5 Å². The van der Waals surface area contributed by atoms with Crippen LogP contribution in [0.1, 0.15) is 36.5 Å². The Bertz CT molecular complexity index is 523. The molecule has 4 nitrogen and oxygen atoms in total. The van der Waals surface area contributed by atoms with Gasteiger partial charge in [0.1, 0.15) is 0 Å². The van der Waals surface area contributed by atoms with Gasteiger partial charge < -0.3 is 15.1 Å². The van der Waals surface area contributed by atoms with Gasteiger partial charge in [0.2, 0.25) is 0 Å². The van der Waals surface area contributed by atoms with E-state index in [4.69, 9.17) is 0 Å². The maximum absolute atomic E-state index is 12.5. The van der Waals surface area contributed by atoms with Crippen molar-refractivity contribution in [2.75, 3.05) is 39.8 Å². The third kappa shape index (κ3) is 4.50. The highest BCUT2D eigenvalue weighted by atomic mass is 35.5. The molecule has 1 N–H and O–H groups in total. The molecule has 1 amide bonds. The Morgan fingerprint density at radius 1 is 1.29 bits per heavy atom. The van der Waals surface area contributed by atoms with Crippen LogP contribution in [0.5, 0.6) is 0 Å². The summed E-state index contributed by atoms with van der Waals surface area (Å²) in [6, 6.07) is 10.3. The van der Waals surface area contributed by atoms with Crippen LogP contribution in [-0.2, 0) is 0 Å². The lowest BCUT2D eigenvalue weighted by Crippen LogP contribution is -2.48. The van der Waals surface area contributed by atoms with Crippen LogP contribution in [0.15, 0.2) is 30.3 Å². The van der Waals surface area contributed by atoms with E-state index in [9.17, 15) is 4.79 Å². The fraction of sp³-hybridized carbons (Fsp3) is 0.632. The van der Waals surface area contributed by atoms with E-state index in [0.717, 1.165) is 51.1 Å². The van der Waals surface area contributed by atoms with Gasteiger partial charge in [0.25, 0.3) is 5.91 Å². The largest absolute Gasteiger partial charge is 0.339 e. The zero-order chi connectivity index (χ0) is 16.3. The topological polar surface area (TPSA) is 35.6 Å². The average molecular weight is 352 g/mol. The molecule has 0 saturated carbocycles. The van der Waals surface area contributed by atoms with Gasteiger partial charge in [-0.25, -0.2) is 0 Å². The van der Waals surface area contributed by atoms with Gasteiger partial charge in [-0.05, 0) is 50.4 Å². The zero-order valence-corrected chi connectivity index (χ0v) is 15.6. The molecule has 1 unspecified atom stereocenters. The summed E-state index contributed by atoms with van der Waals surface area (Å²) >= 11 is 0. The maximum Gasteiger partial charge on any atom is 0.253 e. The number of benzene rings is 1. The van der Waals surface area contributed by atoms with Gasteiger partial charge >= 0.3 is 0 Å². The van der Waals surface area contributed by atoms with Crippen LogP contribution in [0, 0.1) is 5.41 Å². The number of rotatable bonds is 4. The zero-order valence-electron chi connectivity index (χ0n) is 14.8. The number of hydrogen-bond donors (Lipinski definition) is 1. The highest BCUT2D eigenvalue weighted by Gasteiger charge is 2.33. The van der Waals surface area contributed by atoms with Crippen LogP contribution in [0.3, 0.4) is 0 Å². The van der Waals surface area contributed by atoms with E-state index in [2.05, 4.69) is 24.2 Å². The fourth-order valence-electron chi connectivity index (χ4n) is 4.01. The molecule has 24 heavy (non-hydrogen) atoms. The van der Waals surface area contributed by atoms with Crippen molar-refractivity contribution >= 4 is 18.3 Å². The minimum atomic E-state index is 0. The lowest BCUT2D eigenvalue weighted by atomic mass is 9.88. The molecule has 2 aliphatic heterocycles. The summed E-state index contributed by atoms with van der Waals surface area (Å²) in [6.45, 7) is 7.56. The summed E-state index contributed by atoms with van der Waals surface area (Å²) in [5, 5.41) is 3.48.